The van der Waals surface area contributed by atoms with Crippen LogP contribution in [0.1, 0.15) is 27.9 Å². The number of carbonyl (C=O) groups is 1. The summed E-state index contributed by atoms with van der Waals surface area (Å²) in [4.78, 5) is 10.6. The number of ether oxygens (including phenoxy) is 1. The molecular formula is C13H10F3NO4. The zero-order valence-corrected chi connectivity index (χ0v) is 10.5. The molecule has 8 heteroatoms. The van der Waals surface area contributed by atoms with Gasteiger partial charge in [-0.05, 0) is 5.56 Å². The van der Waals surface area contributed by atoms with Crippen molar-refractivity contribution >= 4 is 5.97 Å². The van der Waals surface area contributed by atoms with Crippen LogP contribution in [0.4, 0.5) is 13.2 Å². The Morgan fingerprint density at radius 1 is 1.33 bits per heavy atom. The fraction of sp³-hybridized carbons (Fsp3) is 0.231. The van der Waals surface area contributed by atoms with Crippen molar-refractivity contribution in [3.8, 4) is 0 Å². The molecule has 0 aliphatic carbocycles. The summed E-state index contributed by atoms with van der Waals surface area (Å²) < 4.78 is 48.4. The third kappa shape index (κ3) is 3.82. The van der Waals surface area contributed by atoms with Gasteiger partial charge in [-0.1, -0.05) is 35.5 Å². The summed E-state index contributed by atoms with van der Waals surface area (Å²) >= 11 is 0. The molecule has 0 amide bonds. The Hall–Kier alpha value is -2.35. The van der Waals surface area contributed by atoms with Gasteiger partial charge in [0.05, 0.1) is 0 Å². The quantitative estimate of drug-likeness (QED) is 0.918. The molecule has 2 aromatic rings. The number of carboxylic acid groups (broad SMARTS) is 1. The third-order valence-electron chi connectivity index (χ3n) is 2.57. The second-order valence-corrected chi connectivity index (χ2v) is 4.13. The normalized spacial score (nSPS) is 13.1. The Bertz CT molecular complexity index is 609. The molecule has 0 radical (unpaired) electrons. The predicted molar refractivity (Wildman–Crippen MR) is 63.5 cm³/mol. The molecule has 0 saturated heterocycles. The minimum absolute atomic E-state index is 0.0528. The minimum Gasteiger partial charge on any atom is -0.476 e. The molecule has 0 bridgehead atoms. The topological polar surface area (TPSA) is 72.6 Å². The number of aromatic carboxylic acids is 1. The van der Waals surface area contributed by atoms with Crippen molar-refractivity contribution in [2.24, 2.45) is 0 Å². The predicted octanol–water partition coefficient (Wildman–Crippen LogP) is 3.19. The first-order valence-electron chi connectivity index (χ1n) is 5.80. The average Bonchev–Trinajstić information content (AvgIpc) is 2.88. The van der Waals surface area contributed by atoms with E-state index in [1.165, 1.54) is 24.3 Å². The first kappa shape index (κ1) is 15.0. The van der Waals surface area contributed by atoms with Crippen LogP contribution in [0.15, 0.2) is 40.9 Å². The van der Waals surface area contributed by atoms with E-state index < -0.39 is 30.6 Å². The smallest absolute Gasteiger partial charge is 0.418 e. The molecule has 0 aliphatic heterocycles. The molecule has 2 rings (SSSR count). The Labute approximate surface area is 116 Å². The largest absolute Gasteiger partial charge is 0.476 e. The van der Waals surface area contributed by atoms with E-state index in [9.17, 15) is 18.0 Å². The van der Waals surface area contributed by atoms with Gasteiger partial charge >= 0.3 is 12.1 Å². The Morgan fingerprint density at radius 2 is 2.00 bits per heavy atom. The summed E-state index contributed by atoms with van der Waals surface area (Å²) in [6.07, 6.45) is -6.73. The monoisotopic (exact) mass is 301 g/mol. The Kier molecular flexibility index (Phi) is 4.27. The average molecular weight is 301 g/mol. The summed E-state index contributed by atoms with van der Waals surface area (Å²) in [6, 6.07) is 8.12. The molecule has 1 heterocycles. The molecule has 0 aliphatic rings. The van der Waals surface area contributed by atoms with Crippen LogP contribution in [0.5, 0.6) is 0 Å². The van der Waals surface area contributed by atoms with E-state index in [0.29, 0.717) is 0 Å². The fourth-order valence-electron chi connectivity index (χ4n) is 1.65. The molecule has 112 valence electrons. The summed E-state index contributed by atoms with van der Waals surface area (Å²) in [5.74, 6) is -1.43. The van der Waals surface area contributed by atoms with Gasteiger partial charge in [-0.15, -0.1) is 0 Å². The second kappa shape index (κ2) is 5.96. The number of rotatable bonds is 5. The molecule has 1 aromatic carbocycles. The van der Waals surface area contributed by atoms with Crippen molar-refractivity contribution in [1.82, 2.24) is 5.16 Å². The van der Waals surface area contributed by atoms with Crippen LogP contribution in [0.3, 0.4) is 0 Å². The number of nitrogens with zero attached hydrogens (tertiary/aromatic N) is 1. The molecule has 1 aromatic heterocycles. The van der Waals surface area contributed by atoms with Crippen LogP contribution in [-0.4, -0.2) is 22.4 Å². The molecule has 0 saturated carbocycles. The minimum atomic E-state index is -4.60. The van der Waals surface area contributed by atoms with E-state index in [0.717, 1.165) is 6.07 Å². The van der Waals surface area contributed by atoms with Gasteiger partial charge in [0.15, 0.2) is 17.6 Å². The van der Waals surface area contributed by atoms with Crippen LogP contribution >= 0.6 is 0 Å². The Morgan fingerprint density at radius 3 is 2.52 bits per heavy atom. The van der Waals surface area contributed by atoms with E-state index >= 15 is 0 Å². The Balaban J connectivity index is 2.11. The lowest BCUT2D eigenvalue weighted by molar-refractivity contribution is -0.228. The summed E-state index contributed by atoms with van der Waals surface area (Å²) in [5.41, 5.74) is -0.445. The highest BCUT2D eigenvalue weighted by atomic mass is 19.4. The third-order valence-corrected chi connectivity index (χ3v) is 2.57. The van der Waals surface area contributed by atoms with Crippen LogP contribution < -0.4 is 0 Å². The van der Waals surface area contributed by atoms with E-state index in [2.05, 4.69) is 9.68 Å². The van der Waals surface area contributed by atoms with E-state index in [1.807, 2.05) is 0 Å². The van der Waals surface area contributed by atoms with Crippen molar-refractivity contribution in [3.05, 3.63) is 53.4 Å². The van der Waals surface area contributed by atoms with Crippen molar-refractivity contribution in [1.29, 1.82) is 0 Å². The van der Waals surface area contributed by atoms with Crippen LogP contribution in [0.2, 0.25) is 0 Å². The molecule has 1 unspecified atom stereocenters. The van der Waals surface area contributed by atoms with E-state index in [-0.39, 0.29) is 11.3 Å². The van der Waals surface area contributed by atoms with Gasteiger partial charge in [-0.2, -0.15) is 13.2 Å². The molecule has 0 fully saturated rings. The lowest BCUT2D eigenvalue weighted by Gasteiger charge is -2.20. The number of halogens is 3. The van der Waals surface area contributed by atoms with E-state index in [4.69, 9.17) is 9.84 Å². The number of hydrogen-bond donors (Lipinski definition) is 1. The molecule has 1 atom stereocenters. The standard InChI is InChI=1S/C13H10F3NO4/c14-13(15,16)11(8-4-2-1-3-5-8)20-7-9-6-10(12(18)19)17-21-9/h1-6,11H,7H2,(H,18,19). The van der Waals surface area contributed by atoms with Crippen molar-refractivity contribution < 1.29 is 32.3 Å². The second-order valence-electron chi connectivity index (χ2n) is 4.13. The van der Waals surface area contributed by atoms with Crippen LogP contribution in [0.25, 0.3) is 0 Å². The molecule has 21 heavy (non-hydrogen) atoms. The zero-order valence-electron chi connectivity index (χ0n) is 10.5. The maximum atomic E-state index is 13.0. The first-order chi connectivity index (χ1) is 9.88. The van der Waals surface area contributed by atoms with Gasteiger partial charge in [0, 0.05) is 6.07 Å². The zero-order chi connectivity index (χ0) is 15.5. The number of aromatic nitrogens is 1. The summed E-state index contributed by atoms with van der Waals surface area (Å²) in [5, 5.41) is 11.8. The number of carboxylic acids is 1. The number of alkyl halides is 3. The highest BCUT2D eigenvalue weighted by Gasteiger charge is 2.42. The summed E-state index contributed by atoms with van der Waals surface area (Å²) in [6.45, 7) is -0.542. The molecular weight excluding hydrogens is 291 g/mol. The summed E-state index contributed by atoms with van der Waals surface area (Å²) in [7, 11) is 0. The van der Waals surface area contributed by atoms with Crippen LogP contribution in [-0.2, 0) is 11.3 Å². The first-order valence-corrected chi connectivity index (χ1v) is 5.80. The lowest BCUT2D eigenvalue weighted by atomic mass is 10.1. The van der Waals surface area contributed by atoms with Gasteiger partial charge in [-0.25, -0.2) is 4.79 Å². The van der Waals surface area contributed by atoms with Crippen molar-refractivity contribution in [2.45, 2.75) is 18.9 Å². The van der Waals surface area contributed by atoms with Crippen LogP contribution in [0, 0.1) is 0 Å². The van der Waals surface area contributed by atoms with Gasteiger partial charge < -0.3 is 14.4 Å². The van der Waals surface area contributed by atoms with Gasteiger partial charge in [0.2, 0.25) is 0 Å². The van der Waals surface area contributed by atoms with Gasteiger partial charge in [0.1, 0.15) is 6.61 Å². The SMILES string of the molecule is O=C(O)c1cc(COC(c2ccccc2)C(F)(F)F)on1. The highest BCUT2D eigenvalue weighted by Crippen LogP contribution is 2.36. The molecule has 5 nitrogen and oxygen atoms in total. The molecule has 0 spiro atoms. The van der Waals surface area contributed by atoms with Crippen molar-refractivity contribution in [3.63, 3.8) is 0 Å². The lowest BCUT2D eigenvalue weighted by Crippen LogP contribution is -2.23. The fourth-order valence-corrected chi connectivity index (χ4v) is 1.65. The number of benzene rings is 1. The van der Waals surface area contributed by atoms with E-state index in [1.54, 1.807) is 6.07 Å². The van der Waals surface area contributed by atoms with Gasteiger partial charge in [-0.3, -0.25) is 0 Å². The van der Waals surface area contributed by atoms with Crippen molar-refractivity contribution in [2.75, 3.05) is 0 Å². The number of hydrogen-bond acceptors (Lipinski definition) is 4. The molecule has 1 N–H and O–H groups in total. The van der Waals surface area contributed by atoms with Gasteiger partial charge in [0.25, 0.3) is 0 Å². The maximum absolute atomic E-state index is 13.0. The maximum Gasteiger partial charge on any atom is 0.418 e. The highest BCUT2D eigenvalue weighted by molar-refractivity contribution is 5.85.